The summed E-state index contributed by atoms with van der Waals surface area (Å²) < 4.78 is 12.9. The number of carbonyl (C=O) groups excluding carboxylic acids is 1. The van der Waals surface area contributed by atoms with E-state index in [0.717, 1.165) is 44.0 Å². The van der Waals surface area contributed by atoms with Crippen LogP contribution in [0.3, 0.4) is 0 Å². The van der Waals surface area contributed by atoms with Crippen molar-refractivity contribution in [3.8, 4) is 0 Å². The van der Waals surface area contributed by atoms with Crippen molar-refractivity contribution in [1.82, 2.24) is 4.90 Å². The van der Waals surface area contributed by atoms with E-state index in [-0.39, 0.29) is 24.0 Å². The van der Waals surface area contributed by atoms with Crippen LogP contribution in [0.15, 0.2) is 23.8 Å². The van der Waals surface area contributed by atoms with Gasteiger partial charge >= 0.3 is 5.97 Å². The normalized spacial score (nSPS) is 48.8. The van der Waals surface area contributed by atoms with Crippen LogP contribution >= 0.6 is 0 Å². The summed E-state index contributed by atoms with van der Waals surface area (Å²) in [5.74, 6) is 0.364. The molecule has 6 aliphatic rings. The van der Waals surface area contributed by atoms with Gasteiger partial charge in [-0.25, -0.2) is 0 Å². The fourth-order valence-corrected chi connectivity index (χ4v) is 10.3. The van der Waals surface area contributed by atoms with E-state index in [1.807, 2.05) is 0 Å². The van der Waals surface area contributed by atoms with Gasteiger partial charge in [0.25, 0.3) is 0 Å². The number of carboxylic acids is 1. The molecular weight excluding hydrogens is 466 g/mol. The summed E-state index contributed by atoms with van der Waals surface area (Å²) in [7, 11) is 0. The second-order valence-corrected chi connectivity index (χ2v) is 13.5. The molecular formula is C31H45NO5. The molecule has 0 aromatic carbocycles. The number of carboxylic acid groups (broad SMARTS) is 1. The maximum absolute atomic E-state index is 13.6. The molecule has 2 unspecified atom stereocenters. The molecule has 4 bridgehead atoms. The molecule has 1 heterocycles. The lowest BCUT2D eigenvalue weighted by molar-refractivity contribution is -0.230. The van der Waals surface area contributed by atoms with Crippen LogP contribution in [0.1, 0.15) is 72.6 Å². The Bertz CT molecular complexity index is 1010. The fraction of sp³-hybridized carbons (Fsp3) is 0.806. The Morgan fingerprint density at radius 1 is 1.27 bits per heavy atom. The number of hydrogen-bond acceptors (Lipinski definition) is 5. The van der Waals surface area contributed by atoms with Crippen molar-refractivity contribution in [3.63, 3.8) is 0 Å². The number of aldehydes is 1. The molecule has 1 N–H and O–H groups in total. The monoisotopic (exact) mass is 511 g/mol. The molecule has 1 saturated heterocycles. The lowest BCUT2D eigenvalue weighted by Gasteiger charge is -2.58. The lowest BCUT2D eigenvalue weighted by Crippen LogP contribution is -2.64. The molecule has 3 saturated carbocycles. The van der Waals surface area contributed by atoms with Gasteiger partial charge in [-0.05, 0) is 75.0 Å². The smallest absolute Gasteiger partial charge is 0.315 e. The van der Waals surface area contributed by atoms with E-state index in [9.17, 15) is 14.7 Å². The standard InChI is InChI=1S/C31H45NO5/c1-19(2)26-12-22-13-29(17-33)25-11-10-20(3)24(25)14-30(22,31(26,29)28(34)35)18-37-27-15-32(21(4)16-36-27)23-8-6-5-7-9-23/h6,8,12,17,19-25,27H,5,7,9-11,13-16,18H2,1-4H3,(H,34,35)/t20-,21?,22+,23?,24-,25-,27+,29+,30+,31+/m1/s1. The minimum Gasteiger partial charge on any atom is -0.481 e. The predicted molar refractivity (Wildman–Crippen MR) is 141 cm³/mol. The van der Waals surface area contributed by atoms with Crippen LogP contribution in [-0.2, 0) is 19.1 Å². The Balaban J connectivity index is 1.34. The Morgan fingerprint density at radius 2 is 2.08 bits per heavy atom. The van der Waals surface area contributed by atoms with Crippen LogP contribution in [0.4, 0.5) is 0 Å². The zero-order chi connectivity index (χ0) is 26.2. The molecule has 6 heteroatoms. The first-order valence-corrected chi connectivity index (χ1v) is 14.8. The molecule has 0 spiro atoms. The first kappa shape index (κ1) is 25.8. The second-order valence-electron chi connectivity index (χ2n) is 13.5. The van der Waals surface area contributed by atoms with Gasteiger partial charge in [-0.15, -0.1) is 0 Å². The molecule has 6 rings (SSSR count). The number of ether oxygens (including phenoxy) is 2. The molecule has 10 atom stereocenters. The molecule has 37 heavy (non-hydrogen) atoms. The van der Waals surface area contributed by atoms with Crippen LogP contribution < -0.4 is 0 Å². The average molecular weight is 512 g/mol. The third-order valence-corrected chi connectivity index (χ3v) is 11.8. The molecule has 5 aliphatic carbocycles. The van der Waals surface area contributed by atoms with Gasteiger partial charge in [0.2, 0.25) is 0 Å². The predicted octanol–water partition coefficient (Wildman–Crippen LogP) is 5.08. The number of fused-ring (bicyclic) bond motifs is 2. The number of rotatable bonds is 7. The van der Waals surface area contributed by atoms with Crippen LogP contribution in [-0.4, -0.2) is 60.4 Å². The summed E-state index contributed by atoms with van der Waals surface area (Å²) in [5, 5.41) is 11.1. The third kappa shape index (κ3) is 3.27. The van der Waals surface area contributed by atoms with E-state index in [1.165, 1.54) is 6.42 Å². The van der Waals surface area contributed by atoms with E-state index < -0.39 is 22.2 Å². The Labute approximate surface area is 221 Å². The number of morpholine rings is 1. The summed E-state index contributed by atoms with van der Waals surface area (Å²) in [4.78, 5) is 29.3. The van der Waals surface area contributed by atoms with Gasteiger partial charge in [0, 0.05) is 17.5 Å². The molecule has 6 nitrogen and oxygen atoms in total. The van der Waals surface area contributed by atoms with Gasteiger partial charge in [0.1, 0.15) is 11.7 Å². The van der Waals surface area contributed by atoms with Crippen molar-refractivity contribution < 1.29 is 24.2 Å². The van der Waals surface area contributed by atoms with Crippen LogP contribution in [0, 0.1) is 45.8 Å². The van der Waals surface area contributed by atoms with Crippen molar-refractivity contribution >= 4 is 12.3 Å². The number of hydrogen-bond donors (Lipinski definition) is 1. The zero-order valence-electron chi connectivity index (χ0n) is 23.0. The molecule has 0 aromatic heterocycles. The lowest BCUT2D eigenvalue weighted by atomic mass is 9.43. The quantitative estimate of drug-likeness (QED) is 0.379. The number of nitrogens with zero attached hydrogens (tertiary/aromatic N) is 1. The third-order valence-electron chi connectivity index (χ3n) is 11.8. The highest BCUT2D eigenvalue weighted by atomic mass is 16.7. The van der Waals surface area contributed by atoms with Gasteiger partial charge in [-0.1, -0.05) is 51.0 Å². The molecule has 204 valence electrons. The molecule has 0 radical (unpaired) electrons. The highest BCUT2D eigenvalue weighted by molar-refractivity contribution is 5.90. The van der Waals surface area contributed by atoms with Crippen molar-refractivity contribution in [1.29, 1.82) is 0 Å². The van der Waals surface area contributed by atoms with E-state index >= 15 is 0 Å². The summed E-state index contributed by atoms with van der Waals surface area (Å²) in [5.41, 5.74) is -1.65. The topological polar surface area (TPSA) is 76.1 Å². The Hall–Kier alpha value is -1.50. The Kier molecular flexibility index (Phi) is 6.28. The van der Waals surface area contributed by atoms with Crippen molar-refractivity contribution in [2.24, 2.45) is 45.8 Å². The summed E-state index contributed by atoms with van der Waals surface area (Å²) in [6, 6.07) is 0.738. The van der Waals surface area contributed by atoms with Crippen LogP contribution in [0.5, 0.6) is 0 Å². The maximum Gasteiger partial charge on any atom is 0.315 e. The van der Waals surface area contributed by atoms with Crippen molar-refractivity contribution in [3.05, 3.63) is 23.8 Å². The van der Waals surface area contributed by atoms with Gasteiger partial charge < -0.3 is 19.4 Å². The average Bonchev–Trinajstić information content (AvgIpc) is 3.46. The van der Waals surface area contributed by atoms with Gasteiger partial charge in [-0.2, -0.15) is 0 Å². The zero-order valence-corrected chi connectivity index (χ0v) is 23.0. The summed E-state index contributed by atoms with van der Waals surface area (Å²) in [6.45, 7) is 10.4. The largest absolute Gasteiger partial charge is 0.481 e. The number of allylic oxidation sites excluding steroid dienone is 2. The van der Waals surface area contributed by atoms with E-state index in [4.69, 9.17) is 9.47 Å². The summed E-state index contributed by atoms with van der Waals surface area (Å²) >= 11 is 0. The maximum atomic E-state index is 13.6. The number of carbonyl (C=O) groups is 2. The van der Waals surface area contributed by atoms with E-state index in [1.54, 1.807) is 0 Å². The molecule has 4 fully saturated rings. The minimum absolute atomic E-state index is 0.0592. The van der Waals surface area contributed by atoms with Gasteiger partial charge in [0.15, 0.2) is 6.29 Å². The van der Waals surface area contributed by atoms with Gasteiger partial charge in [-0.3, -0.25) is 9.69 Å². The minimum atomic E-state index is -1.18. The molecule has 1 aliphatic heterocycles. The van der Waals surface area contributed by atoms with Crippen molar-refractivity contribution in [2.45, 2.75) is 91.0 Å². The molecule has 0 aromatic rings. The van der Waals surface area contributed by atoms with Gasteiger partial charge in [0.05, 0.1) is 25.2 Å². The highest BCUT2D eigenvalue weighted by Crippen LogP contribution is 2.82. The second kappa shape index (κ2) is 9.02. The first-order chi connectivity index (χ1) is 17.7. The highest BCUT2D eigenvalue weighted by Gasteiger charge is 2.84. The molecule has 0 amide bonds. The first-order valence-electron chi connectivity index (χ1n) is 14.8. The van der Waals surface area contributed by atoms with Crippen LogP contribution in [0.25, 0.3) is 0 Å². The number of aliphatic carboxylic acids is 1. The fourth-order valence-electron chi connectivity index (χ4n) is 10.3. The summed E-state index contributed by atoms with van der Waals surface area (Å²) in [6.07, 6.45) is 14.6. The SMILES string of the molecule is CC(C)C1=C[C@H]2C[C@]3(C=O)[C@@H]4CC[C@@H](C)[C@H]4C[C@@]2(CO[C@H]2CN(C4C=CCCC4)C(C)CO2)[C@]13C(=O)O. The van der Waals surface area contributed by atoms with E-state index in [2.05, 4.69) is 50.8 Å². The Morgan fingerprint density at radius 3 is 2.76 bits per heavy atom. The van der Waals surface area contributed by atoms with Crippen molar-refractivity contribution in [2.75, 3.05) is 19.8 Å². The van der Waals surface area contributed by atoms with Crippen LogP contribution in [0.2, 0.25) is 0 Å². The van der Waals surface area contributed by atoms with E-state index in [0.29, 0.717) is 50.1 Å².